The monoisotopic (exact) mass is 294 g/mol. The Morgan fingerprint density at radius 2 is 2.10 bits per heavy atom. The van der Waals surface area contributed by atoms with Crippen LogP contribution in [0.1, 0.15) is 12.0 Å². The predicted octanol–water partition coefficient (Wildman–Crippen LogP) is 0.958. The van der Waals surface area contributed by atoms with Crippen molar-refractivity contribution in [1.29, 1.82) is 5.26 Å². The van der Waals surface area contributed by atoms with Gasteiger partial charge in [-0.05, 0) is 36.6 Å². The van der Waals surface area contributed by atoms with E-state index in [4.69, 9.17) is 10.00 Å². The second kappa shape index (κ2) is 6.84. The fraction of sp³-hybridized carbons (Fsp3) is 0.500. The molecule has 1 N–H and O–H groups in total. The van der Waals surface area contributed by atoms with Crippen LogP contribution >= 0.6 is 0 Å². The molecule has 1 aromatic carbocycles. The van der Waals surface area contributed by atoms with Gasteiger partial charge in [-0.2, -0.15) is 5.26 Å². The summed E-state index contributed by atoms with van der Waals surface area (Å²) < 4.78 is 29.4. The molecule has 1 aromatic rings. The summed E-state index contributed by atoms with van der Waals surface area (Å²) in [4.78, 5) is 0.266. The number of hydrogen-bond donors (Lipinski definition) is 1. The number of nitrogens with zero attached hydrogens (tertiary/aromatic N) is 1. The zero-order valence-corrected chi connectivity index (χ0v) is 12.0. The maximum Gasteiger partial charge on any atom is 0.179 e. The van der Waals surface area contributed by atoms with Crippen molar-refractivity contribution in [3.05, 3.63) is 29.8 Å². The van der Waals surface area contributed by atoms with Crippen LogP contribution in [-0.4, -0.2) is 40.5 Å². The first-order chi connectivity index (χ1) is 9.62. The van der Waals surface area contributed by atoms with Gasteiger partial charge in [-0.25, -0.2) is 8.42 Å². The zero-order valence-electron chi connectivity index (χ0n) is 11.2. The molecule has 0 radical (unpaired) electrons. The van der Waals surface area contributed by atoms with Crippen molar-refractivity contribution in [2.75, 3.05) is 32.1 Å². The number of ether oxygens (including phenoxy) is 1. The van der Waals surface area contributed by atoms with Crippen LogP contribution in [-0.2, 0) is 14.6 Å². The van der Waals surface area contributed by atoms with E-state index in [-0.39, 0.29) is 10.6 Å². The van der Waals surface area contributed by atoms with Gasteiger partial charge in [0.2, 0.25) is 0 Å². The minimum absolute atomic E-state index is 0.0620. The van der Waals surface area contributed by atoms with E-state index >= 15 is 0 Å². The highest BCUT2D eigenvalue weighted by Gasteiger charge is 2.17. The Kier molecular flexibility index (Phi) is 5.12. The molecule has 0 spiro atoms. The van der Waals surface area contributed by atoms with Gasteiger partial charge in [-0.15, -0.1) is 0 Å². The lowest BCUT2D eigenvalue weighted by atomic mass is 10.1. The van der Waals surface area contributed by atoms with Crippen LogP contribution in [0.15, 0.2) is 29.2 Å². The van der Waals surface area contributed by atoms with E-state index in [1.807, 2.05) is 6.07 Å². The van der Waals surface area contributed by atoms with Gasteiger partial charge < -0.3 is 10.1 Å². The van der Waals surface area contributed by atoms with Crippen LogP contribution in [0.4, 0.5) is 0 Å². The van der Waals surface area contributed by atoms with Gasteiger partial charge in [-0.1, -0.05) is 0 Å². The van der Waals surface area contributed by atoms with Gasteiger partial charge in [0.25, 0.3) is 0 Å². The van der Waals surface area contributed by atoms with Crippen LogP contribution in [0.25, 0.3) is 0 Å². The molecular weight excluding hydrogens is 276 g/mol. The summed E-state index contributed by atoms with van der Waals surface area (Å²) >= 11 is 0. The first-order valence-corrected chi connectivity index (χ1v) is 8.28. The molecule has 20 heavy (non-hydrogen) atoms. The van der Waals surface area contributed by atoms with E-state index in [1.54, 1.807) is 0 Å². The third-order valence-electron chi connectivity index (χ3n) is 3.35. The quantitative estimate of drug-likeness (QED) is 0.791. The molecule has 2 rings (SSSR count). The minimum atomic E-state index is -3.28. The molecule has 1 aliphatic heterocycles. The average Bonchev–Trinajstić information content (AvgIpc) is 2.97. The van der Waals surface area contributed by atoms with E-state index in [9.17, 15) is 8.42 Å². The molecule has 0 saturated carbocycles. The number of sulfone groups is 1. The Morgan fingerprint density at radius 3 is 2.70 bits per heavy atom. The van der Waals surface area contributed by atoms with E-state index < -0.39 is 9.84 Å². The zero-order chi connectivity index (χ0) is 14.4. The van der Waals surface area contributed by atoms with Crippen LogP contribution in [0.2, 0.25) is 0 Å². The number of nitriles is 1. The molecule has 0 amide bonds. The Morgan fingerprint density at radius 1 is 1.35 bits per heavy atom. The third-order valence-corrected chi connectivity index (χ3v) is 5.08. The highest BCUT2D eigenvalue weighted by atomic mass is 32.2. The van der Waals surface area contributed by atoms with E-state index in [2.05, 4.69) is 5.32 Å². The van der Waals surface area contributed by atoms with Crippen molar-refractivity contribution in [2.45, 2.75) is 11.3 Å². The molecular formula is C14H18N2O3S. The van der Waals surface area contributed by atoms with E-state index in [0.29, 0.717) is 18.0 Å². The van der Waals surface area contributed by atoms with Gasteiger partial charge >= 0.3 is 0 Å². The summed E-state index contributed by atoms with van der Waals surface area (Å²) in [6.07, 6.45) is 1.04. The Bertz CT molecular complexity index is 569. The Hall–Kier alpha value is -1.42. The normalized spacial score (nSPS) is 18.9. The second-order valence-electron chi connectivity index (χ2n) is 4.89. The maximum absolute atomic E-state index is 12.1. The summed E-state index contributed by atoms with van der Waals surface area (Å²) in [5, 5.41) is 11.9. The smallest absolute Gasteiger partial charge is 0.179 e. The predicted molar refractivity (Wildman–Crippen MR) is 75.0 cm³/mol. The highest BCUT2D eigenvalue weighted by Crippen LogP contribution is 2.12. The standard InChI is InChI=1S/C14H18N2O3S/c15-9-12-1-3-14(4-2-12)20(17,18)8-6-16-10-13-5-7-19-11-13/h1-4,13,16H,5-8,10-11H2. The fourth-order valence-electron chi connectivity index (χ4n) is 2.11. The molecule has 0 bridgehead atoms. The van der Waals surface area contributed by atoms with Gasteiger partial charge in [0, 0.05) is 19.7 Å². The third kappa shape index (κ3) is 4.04. The van der Waals surface area contributed by atoms with Crippen LogP contribution in [0.5, 0.6) is 0 Å². The maximum atomic E-state index is 12.1. The van der Waals surface area contributed by atoms with E-state index in [1.165, 1.54) is 24.3 Å². The van der Waals surface area contributed by atoms with E-state index in [0.717, 1.165) is 26.2 Å². The lowest BCUT2D eigenvalue weighted by Gasteiger charge is -2.09. The van der Waals surface area contributed by atoms with Gasteiger partial charge in [-0.3, -0.25) is 0 Å². The molecule has 1 unspecified atom stereocenters. The number of nitrogens with one attached hydrogen (secondary N) is 1. The molecule has 1 fully saturated rings. The van der Waals surface area contributed by atoms with Crippen molar-refractivity contribution >= 4 is 9.84 Å². The molecule has 1 saturated heterocycles. The first-order valence-electron chi connectivity index (χ1n) is 6.63. The highest BCUT2D eigenvalue weighted by molar-refractivity contribution is 7.91. The molecule has 5 nitrogen and oxygen atoms in total. The van der Waals surface area contributed by atoms with Crippen molar-refractivity contribution in [1.82, 2.24) is 5.32 Å². The lowest BCUT2D eigenvalue weighted by molar-refractivity contribution is 0.185. The van der Waals surface area contributed by atoms with Crippen molar-refractivity contribution in [2.24, 2.45) is 5.92 Å². The number of benzene rings is 1. The van der Waals surface area contributed by atoms with Crippen molar-refractivity contribution < 1.29 is 13.2 Å². The Labute approximate surface area is 119 Å². The largest absolute Gasteiger partial charge is 0.381 e. The summed E-state index contributed by atoms with van der Waals surface area (Å²) in [6.45, 7) is 2.78. The SMILES string of the molecule is N#Cc1ccc(S(=O)(=O)CCNCC2CCOC2)cc1. The van der Waals surface area contributed by atoms with Crippen LogP contribution < -0.4 is 5.32 Å². The summed E-state index contributed by atoms with van der Waals surface area (Å²) in [5.74, 6) is 0.555. The van der Waals surface area contributed by atoms with Gasteiger partial charge in [0.1, 0.15) is 0 Å². The number of rotatable bonds is 6. The molecule has 0 aliphatic carbocycles. The molecule has 6 heteroatoms. The van der Waals surface area contributed by atoms with Crippen molar-refractivity contribution in [3.63, 3.8) is 0 Å². The summed E-state index contributed by atoms with van der Waals surface area (Å²) in [7, 11) is -3.28. The minimum Gasteiger partial charge on any atom is -0.381 e. The summed E-state index contributed by atoms with van der Waals surface area (Å²) in [6, 6.07) is 7.99. The second-order valence-corrected chi connectivity index (χ2v) is 7.00. The average molecular weight is 294 g/mol. The molecule has 1 atom stereocenters. The Balaban J connectivity index is 1.82. The lowest BCUT2D eigenvalue weighted by Crippen LogP contribution is -2.28. The summed E-state index contributed by atoms with van der Waals surface area (Å²) in [5.41, 5.74) is 0.461. The van der Waals surface area contributed by atoms with Crippen molar-refractivity contribution in [3.8, 4) is 6.07 Å². The molecule has 1 heterocycles. The molecule has 1 aliphatic rings. The number of hydrogen-bond acceptors (Lipinski definition) is 5. The van der Waals surface area contributed by atoms with Gasteiger partial charge in [0.05, 0.1) is 28.9 Å². The van der Waals surface area contributed by atoms with Gasteiger partial charge in [0.15, 0.2) is 9.84 Å². The molecule has 108 valence electrons. The first kappa shape index (κ1) is 15.0. The van der Waals surface area contributed by atoms with Crippen LogP contribution in [0.3, 0.4) is 0 Å². The van der Waals surface area contributed by atoms with Crippen LogP contribution in [0, 0.1) is 17.2 Å². The topological polar surface area (TPSA) is 79.2 Å². The molecule has 0 aromatic heterocycles. The fourth-order valence-corrected chi connectivity index (χ4v) is 3.31.